The largest absolute Gasteiger partial charge is 0.465 e. The minimum Gasteiger partial charge on any atom is -0.465 e. The van der Waals surface area contributed by atoms with Crippen LogP contribution in [-0.4, -0.2) is 25.1 Å². The van der Waals surface area contributed by atoms with Gasteiger partial charge in [0.25, 0.3) is 0 Å². The molecule has 0 aliphatic rings. The molecule has 0 fully saturated rings. The second-order valence-corrected chi connectivity index (χ2v) is 6.89. The van der Waals surface area contributed by atoms with Crippen molar-refractivity contribution in [2.24, 2.45) is 0 Å². The number of carbonyl (C=O) groups excluding carboxylic acids is 3. The van der Waals surface area contributed by atoms with Crippen molar-refractivity contribution < 1.29 is 19.1 Å². The van der Waals surface area contributed by atoms with Gasteiger partial charge in [-0.05, 0) is 66.7 Å². The molecule has 0 spiro atoms. The molecule has 0 aromatic heterocycles. The van der Waals surface area contributed by atoms with Gasteiger partial charge in [0.2, 0.25) is 0 Å². The van der Waals surface area contributed by atoms with Gasteiger partial charge in [-0.3, -0.25) is 0 Å². The number of carbonyl (C=O) groups is 3. The van der Waals surface area contributed by atoms with Gasteiger partial charge in [-0.1, -0.05) is 11.8 Å². The highest BCUT2D eigenvalue weighted by Gasteiger charge is 2.13. The predicted molar refractivity (Wildman–Crippen MR) is 132 cm³/mol. The first-order valence-electron chi connectivity index (χ1n) is 9.93. The van der Waals surface area contributed by atoms with E-state index in [1.165, 1.54) is 25.3 Å². The maximum absolute atomic E-state index is 12.4. The third-order valence-corrected chi connectivity index (χ3v) is 4.49. The van der Waals surface area contributed by atoms with Gasteiger partial charge in [0.15, 0.2) is 0 Å². The van der Waals surface area contributed by atoms with E-state index in [9.17, 15) is 14.4 Å². The van der Waals surface area contributed by atoms with Crippen LogP contribution in [0.2, 0.25) is 0 Å². The normalized spacial score (nSPS) is 9.62. The lowest BCUT2D eigenvalue weighted by Gasteiger charge is -2.13. The number of rotatable bonds is 5. The van der Waals surface area contributed by atoms with Gasteiger partial charge in [0, 0.05) is 33.9 Å². The third-order valence-electron chi connectivity index (χ3n) is 4.49. The molecule has 3 aromatic rings. The predicted octanol–water partition coefficient (Wildman–Crippen LogP) is 4.72. The van der Waals surface area contributed by atoms with Crippen molar-refractivity contribution in [2.45, 2.75) is 0 Å². The average molecular weight is 452 g/mol. The zero-order valence-electron chi connectivity index (χ0n) is 18.1. The Bertz CT molecular complexity index is 1210. The van der Waals surface area contributed by atoms with Crippen molar-refractivity contribution in [3.8, 4) is 24.7 Å². The lowest BCUT2D eigenvalue weighted by Crippen LogP contribution is -2.21. The summed E-state index contributed by atoms with van der Waals surface area (Å²) < 4.78 is 4.76. The Kier molecular flexibility index (Phi) is 7.51. The molecule has 3 aromatic carbocycles. The Balaban J connectivity index is 1.73. The highest BCUT2D eigenvalue weighted by molar-refractivity contribution is 6.04. The van der Waals surface area contributed by atoms with Crippen LogP contribution in [0.25, 0.3) is 0 Å². The molecular formula is C26H20N4O4. The molecule has 0 aliphatic carbocycles. The van der Waals surface area contributed by atoms with Crippen LogP contribution in [-0.2, 0) is 4.74 Å². The zero-order chi connectivity index (χ0) is 24.5. The summed E-state index contributed by atoms with van der Waals surface area (Å²) in [7, 11) is 1.23. The number of benzene rings is 3. The lowest BCUT2D eigenvalue weighted by atomic mass is 10.1. The number of hydrogen-bond acceptors (Lipinski definition) is 4. The second-order valence-electron chi connectivity index (χ2n) is 6.89. The van der Waals surface area contributed by atoms with Gasteiger partial charge in [-0.15, -0.1) is 12.8 Å². The van der Waals surface area contributed by atoms with E-state index >= 15 is 0 Å². The molecule has 0 unspecified atom stereocenters. The molecule has 0 aliphatic heterocycles. The Labute approximate surface area is 196 Å². The Morgan fingerprint density at radius 2 is 1.03 bits per heavy atom. The quantitative estimate of drug-likeness (QED) is 0.332. The van der Waals surface area contributed by atoms with Crippen LogP contribution in [0.4, 0.5) is 32.3 Å². The number of esters is 1. The minimum atomic E-state index is -0.637. The summed E-state index contributed by atoms with van der Waals surface area (Å²) >= 11 is 0. The molecule has 3 rings (SSSR count). The van der Waals surface area contributed by atoms with Crippen LogP contribution in [0, 0.1) is 24.7 Å². The fourth-order valence-electron chi connectivity index (χ4n) is 2.89. The molecule has 0 heterocycles. The van der Waals surface area contributed by atoms with Crippen LogP contribution in [0.3, 0.4) is 0 Å². The first-order valence-corrected chi connectivity index (χ1v) is 9.93. The molecular weight excluding hydrogens is 432 g/mol. The molecule has 8 nitrogen and oxygen atoms in total. The molecule has 4 N–H and O–H groups in total. The Morgan fingerprint density at radius 1 is 0.647 bits per heavy atom. The highest BCUT2D eigenvalue weighted by atomic mass is 16.5. The number of terminal acetylenes is 2. The van der Waals surface area contributed by atoms with E-state index < -0.39 is 18.0 Å². The summed E-state index contributed by atoms with van der Waals surface area (Å²) in [6.45, 7) is 0. The second kappa shape index (κ2) is 10.9. The van der Waals surface area contributed by atoms with E-state index in [0.29, 0.717) is 22.5 Å². The van der Waals surface area contributed by atoms with E-state index in [4.69, 9.17) is 17.6 Å². The van der Waals surface area contributed by atoms with E-state index in [1.807, 2.05) is 0 Å². The number of amides is 4. The summed E-state index contributed by atoms with van der Waals surface area (Å²) in [5, 5.41) is 10.6. The molecule has 8 heteroatoms. The van der Waals surface area contributed by atoms with E-state index in [2.05, 4.69) is 33.1 Å². The van der Waals surface area contributed by atoms with Crippen molar-refractivity contribution in [1.29, 1.82) is 0 Å². The molecule has 34 heavy (non-hydrogen) atoms. The molecule has 168 valence electrons. The maximum atomic E-state index is 12.4. The molecule has 0 saturated heterocycles. The number of anilines is 4. The van der Waals surface area contributed by atoms with Crippen LogP contribution in [0.1, 0.15) is 21.5 Å². The van der Waals surface area contributed by atoms with Crippen molar-refractivity contribution in [3.05, 3.63) is 83.4 Å². The number of urea groups is 2. The van der Waals surface area contributed by atoms with Gasteiger partial charge in [0.05, 0.1) is 12.7 Å². The van der Waals surface area contributed by atoms with Gasteiger partial charge in [-0.25, -0.2) is 14.4 Å². The van der Waals surface area contributed by atoms with Crippen molar-refractivity contribution in [1.82, 2.24) is 0 Å². The van der Waals surface area contributed by atoms with Gasteiger partial charge in [-0.2, -0.15) is 0 Å². The molecule has 0 bridgehead atoms. The van der Waals surface area contributed by atoms with Crippen LogP contribution in [0.15, 0.2) is 66.7 Å². The monoisotopic (exact) mass is 452 g/mol. The lowest BCUT2D eigenvalue weighted by molar-refractivity contribution is 0.0600. The Morgan fingerprint density at radius 3 is 1.38 bits per heavy atom. The number of methoxy groups -OCH3 is 1. The van der Waals surface area contributed by atoms with Gasteiger partial charge < -0.3 is 26.0 Å². The fraction of sp³-hybridized carbons (Fsp3) is 0.0385. The van der Waals surface area contributed by atoms with E-state index in [0.717, 1.165) is 0 Å². The van der Waals surface area contributed by atoms with Crippen LogP contribution >= 0.6 is 0 Å². The molecule has 0 atom stereocenters. The van der Waals surface area contributed by atoms with E-state index in [-0.39, 0.29) is 16.9 Å². The number of nitrogens with one attached hydrogen (secondary N) is 4. The summed E-state index contributed by atoms with van der Waals surface area (Å²) in [6, 6.07) is 16.6. The number of hydrogen-bond donors (Lipinski definition) is 4. The summed E-state index contributed by atoms with van der Waals surface area (Å²) in [5.74, 6) is 4.35. The van der Waals surface area contributed by atoms with Crippen LogP contribution < -0.4 is 21.3 Å². The van der Waals surface area contributed by atoms with Crippen molar-refractivity contribution >= 4 is 40.8 Å². The Hall–Kier alpha value is -5.21. The van der Waals surface area contributed by atoms with Crippen LogP contribution in [0.5, 0.6) is 0 Å². The standard InChI is InChI=1S/C26H20N4O4/c1-4-17-6-10-20(11-7-17)27-25(32)29-22-14-19(24(31)34-3)15-23(16-22)30-26(33)28-21-12-8-18(5-2)9-13-21/h1-2,6-16H,3H3,(H2,27,29,32)(H2,28,30,33). The third kappa shape index (κ3) is 6.39. The average Bonchev–Trinajstić information content (AvgIpc) is 2.84. The first kappa shape index (κ1) is 23.5. The van der Waals surface area contributed by atoms with Crippen molar-refractivity contribution in [2.75, 3.05) is 28.4 Å². The topological polar surface area (TPSA) is 109 Å². The fourth-order valence-corrected chi connectivity index (χ4v) is 2.89. The molecule has 0 radical (unpaired) electrons. The molecule has 4 amide bonds. The number of ether oxygens (including phenoxy) is 1. The first-order chi connectivity index (χ1) is 16.4. The maximum Gasteiger partial charge on any atom is 0.337 e. The molecule has 0 saturated carbocycles. The summed E-state index contributed by atoms with van der Waals surface area (Å²) in [5.41, 5.74) is 3.05. The van der Waals surface area contributed by atoms with E-state index in [1.54, 1.807) is 48.5 Å². The van der Waals surface area contributed by atoms with Crippen molar-refractivity contribution in [3.63, 3.8) is 0 Å². The SMILES string of the molecule is C#Cc1ccc(NC(=O)Nc2cc(NC(=O)Nc3ccc(C#C)cc3)cc(C(=O)OC)c2)cc1. The van der Waals surface area contributed by atoms with Gasteiger partial charge >= 0.3 is 18.0 Å². The minimum absolute atomic E-state index is 0.132. The van der Waals surface area contributed by atoms with Gasteiger partial charge in [0.1, 0.15) is 0 Å². The smallest absolute Gasteiger partial charge is 0.337 e. The summed E-state index contributed by atoms with van der Waals surface area (Å²) in [6.07, 6.45) is 10.7. The highest BCUT2D eigenvalue weighted by Crippen LogP contribution is 2.21. The zero-order valence-corrected chi connectivity index (χ0v) is 18.1. The summed E-state index contributed by atoms with van der Waals surface area (Å²) in [4.78, 5) is 36.9.